The van der Waals surface area contributed by atoms with Crippen LogP contribution < -0.4 is 16.0 Å². The molecule has 0 heterocycles. The molecule has 0 fully saturated rings. The van der Waals surface area contributed by atoms with E-state index in [4.69, 9.17) is 58.6 Å². The van der Waals surface area contributed by atoms with E-state index in [0.29, 0.717) is 5.69 Å². The van der Waals surface area contributed by atoms with Gasteiger partial charge in [0.15, 0.2) is 5.11 Å². The highest BCUT2D eigenvalue weighted by Crippen LogP contribution is 2.30. The maximum atomic E-state index is 12.4. The van der Waals surface area contributed by atoms with Crippen LogP contribution in [0.2, 0.25) is 5.02 Å². The number of para-hydroxylation sites is 1. The zero-order valence-electron chi connectivity index (χ0n) is 12.9. The monoisotopic (exact) mass is 513 g/mol. The van der Waals surface area contributed by atoms with Gasteiger partial charge in [-0.25, -0.2) is 0 Å². The lowest BCUT2D eigenvalue weighted by Gasteiger charge is -2.28. The van der Waals surface area contributed by atoms with E-state index < -0.39 is 15.9 Å². The summed E-state index contributed by atoms with van der Waals surface area (Å²) in [7, 11) is 0. The van der Waals surface area contributed by atoms with Gasteiger partial charge in [-0.05, 0) is 52.4 Å². The number of alkyl halides is 3. The third kappa shape index (κ3) is 6.15. The van der Waals surface area contributed by atoms with Gasteiger partial charge in [-0.3, -0.25) is 4.79 Å². The first-order valence-electron chi connectivity index (χ1n) is 7.12. The molecule has 0 aliphatic heterocycles. The number of carbonyl (C=O) groups excluding carboxylic acids is 1. The third-order valence-electron chi connectivity index (χ3n) is 3.12. The number of hydrogen-bond acceptors (Lipinski definition) is 2. The van der Waals surface area contributed by atoms with Crippen LogP contribution in [0.3, 0.4) is 0 Å². The van der Waals surface area contributed by atoms with Crippen molar-refractivity contribution in [3.05, 3.63) is 63.6 Å². The number of nitrogens with one attached hydrogen (secondary N) is 3. The van der Waals surface area contributed by atoms with E-state index >= 15 is 0 Å². The average Bonchev–Trinajstić information content (AvgIpc) is 2.56. The van der Waals surface area contributed by atoms with Crippen LogP contribution in [0, 0.1) is 0 Å². The van der Waals surface area contributed by atoms with Crippen molar-refractivity contribution in [3.63, 3.8) is 0 Å². The largest absolute Gasteiger partial charge is 0.339 e. The Morgan fingerprint density at radius 3 is 2.27 bits per heavy atom. The summed E-state index contributed by atoms with van der Waals surface area (Å²) >= 11 is 32.6. The quantitative estimate of drug-likeness (QED) is 0.285. The lowest BCUT2D eigenvalue weighted by molar-refractivity contribution is 0.0934. The summed E-state index contributed by atoms with van der Waals surface area (Å²) in [5.41, 5.74) is 0.963. The zero-order chi connectivity index (χ0) is 19.3. The summed E-state index contributed by atoms with van der Waals surface area (Å²) in [5, 5.41) is 8.75. The van der Waals surface area contributed by atoms with Crippen molar-refractivity contribution in [2.45, 2.75) is 9.96 Å². The van der Waals surface area contributed by atoms with E-state index in [1.165, 1.54) is 0 Å². The highest BCUT2D eigenvalue weighted by Gasteiger charge is 2.35. The van der Waals surface area contributed by atoms with Gasteiger partial charge in [0.25, 0.3) is 5.91 Å². The van der Waals surface area contributed by atoms with Crippen LogP contribution in [0.15, 0.2) is 53.0 Å². The van der Waals surface area contributed by atoms with Gasteiger partial charge in [0.05, 0.1) is 16.3 Å². The maximum absolute atomic E-state index is 12.4. The van der Waals surface area contributed by atoms with Crippen LogP contribution in [-0.4, -0.2) is 21.0 Å². The molecule has 0 aliphatic rings. The molecule has 1 amide bonds. The second-order valence-corrected chi connectivity index (χ2v) is 9.04. The number of rotatable bonds is 4. The van der Waals surface area contributed by atoms with Crippen molar-refractivity contribution >= 4 is 91.3 Å². The molecule has 0 spiro atoms. The van der Waals surface area contributed by atoms with Gasteiger partial charge in [-0.2, -0.15) is 0 Å². The molecule has 0 aliphatic carbocycles. The minimum atomic E-state index is -1.86. The van der Waals surface area contributed by atoms with Crippen molar-refractivity contribution in [1.29, 1.82) is 0 Å². The summed E-state index contributed by atoms with van der Waals surface area (Å²) in [5.74, 6) is -0.511. The van der Waals surface area contributed by atoms with Crippen molar-refractivity contribution < 1.29 is 4.79 Å². The van der Waals surface area contributed by atoms with E-state index in [0.717, 1.165) is 4.47 Å². The molecule has 0 saturated carbocycles. The van der Waals surface area contributed by atoms with Crippen molar-refractivity contribution in [3.8, 4) is 0 Å². The second-order valence-electron chi connectivity index (χ2n) is 5.01. The first-order chi connectivity index (χ1) is 12.2. The van der Waals surface area contributed by atoms with Crippen molar-refractivity contribution in [1.82, 2.24) is 10.6 Å². The lowest BCUT2D eigenvalue weighted by atomic mass is 10.2. The van der Waals surface area contributed by atoms with Crippen LogP contribution in [0.5, 0.6) is 0 Å². The topological polar surface area (TPSA) is 53.2 Å². The van der Waals surface area contributed by atoms with Gasteiger partial charge in [0.1, 0.15) is 6.17 Å². The average molecular weight is 516 g/mol. The molecule has 2 aromatic rings. The number of anilines is 1. The Bertz CT molecular complexity index is 816. The molecule has 0 radical (unpaired) electrons. The molecule has 3 N–H and O–H groups in total. The summed E-state index contributed by atoms with van der Waals surface area (Å²) in [4.78, 5) is 12.4. The minimum Gasteiger partial charge on any atom is -0.339 e. The number of carbonyl (C=O) groups is 1. The molecule has 0 aromatic heterocycles. The van der Waals surface area contributed by atoms with Crippen LogP contribution in [0.25, 0.3) is 0 Å². The van der Waals surface area contributed by atoms with Crippen LogP contribution in [0.1, 0.15) is 10.4 Å². The predicted octanol–water partition coefficient (Wildman–Crippen LogP) is 5.52. The minimum absolute atomic E-state index is 0.160. The fourth-order valence-electron chi connectivity index (χ4n) is 1.91. The molecule has 10 heteroatoms. The first kappa shape index (κ1) is 21.5. The zero-order valence-corrected chi connectivity index (χ0v) is 18.3. The van der Waals surface area contributed by atoms with Crippen molar-refractivity contribution in [2.75, 3.05) is 5.32 Å². The van der Waals surface area contributed by atoms with Crippen LogP contribution in [-0.2, 0) is 0 Å². The first-order valence-corrected chi connectivity index (χ1v) is 9.84. The Hall–Kier alpha value is -0.760. The Balaban J connectivity index is 2.10. The molecule has 4 nitrogen and oxygen atoms in total. The molecule has 0 saturated heterocycles. The van der Waals surface area contributed by atoms with Gasteiger partial charge in [-0.15, -0.1) is 0 Å². The van der Waals surface area contributed by atoms with Gasteiger partial charge in [0, 0.05) is 4.47 Å². The summed E-state index contributed by atoms with van der Waals surface area (Å²) in [6.07, 6.45) is -1.10. The van der Waals surface area contributed by atoms with Gasteiger partial charge in [-0.1, -0.05) is 70.7 Å². The van der Waals surface area contributed by atoms with E-state index in [9.17, 15) is 4.79 Å². The van der Waals surface area contributed by atoms with Gasteiger partial charge in [0.2, 0.25) is 3.79 Å². The van der Waals surface area contributed by atoms with Crippen LogP contribution in [0.4, 0.5) is 5.69 Å². The number of benzene rings is 2. The van der Waals surface area contributed by atoms with Gasteiger partial charge < -0.3 is 16.0 Å². The predicted molar refractivity (Wildman–Crippen MR) is 116 cm³/mol. The molecule has 1 atom stereocenters. The number of hydrogen-bond donors (Lipinski definition) is 3. The molecular weight excluding hydrogens is 504 g/mol. The smallest absolute Gasteiger partial charge is 0.254 e. The molecule has 2 aromatic carbocycles. The Morgan fingerprint density at radius 1 is 1.04 bits per heavy atom. The molecule has 0 bridgehead atoms. The second kappa shape index (κ2) is 9.44. The summed E-state index contributed by atoms with van der Waals surface area (Å²) in [6.45, 7) is 0. The Labute approximate surface area is 184 Å². The lowest BCUT2D eigenvalue weighted by Crippen LogP contribution is -2.56. The number of amides is 1. The number of halogens is 5. The van der Waals surface area contributed by atoms with E-state index in [-0.39, 0.29) is 15.7 Å². The number of thiocarbonyl (C=S) groups is 1. The maximum Gasteiger partial charge on any atom is 0.254 e. The van der Waals surface area contributed by atoms with E-state index in [2.05, 4.69) is 31.9 Å². The molecule has 0 unspecified atom stereocenters. The Kier molecular flexibility index (Phi) is 7.82. The fourth-order valence-corrected chi connectivity index (χ4v) is 3.07. The Morgan fingerprint density at radius 2 is 1.65 bits per heavy atom. The van der Waals surface area contributed by atoms with E-state index in [1.54, 1.807) is 24.3 Å². The van der Waals surface area contributed by atoms with E-state index in [1.807, 2.05) is 24.3 Å². The third-order valence-corrected chi connectivity index (χ3v) is 5.01. The van der Waals surface area contributed by atoms with Crippen molar-refractivity contribution in [2.24, 2.45) is 0 Å². The summed E-state index contributed by atoms with van der Waals surface area (Å²) in [6, 6.07) is 13.9. The summed E-state index contributed by atoms with van der Waals surface area (Å²) < 4.78 is -1.06. The standard InChI is InChI=1S/C16H12BrCl4N3OS/c17-10-6-2-4-8-12(10)22-15(26)24-14(16(19,20)21)23-13(25)9-5-1-3-7-11(9)18/h1-8,14H,(H,23,25)(H2,22,24,26)/t14-/m0/s1. The fraction of sp³-hybridized carbons (Fsp3) is 0.125. The SMILES string of the molecule is O=C(N[C@@H](NC(=S)Nc1ccccc1Br)C(Cl)(Cl)Cl)c1ccccc1Cl. The molecule has 26 heavy (non-hydrogen) atoms. The molecular formula is C16H12BrCl4N3OS. The molecule has 138 valence electrons. The van der Waals surface area contributed by atoms with Gasteiger partial charge >= 0.3 is 0 Å². The highest BCUT2D eigenvalue weighted by atomic mass is 79.9. The highest BCUT2D eigenvalue weighted by molar-refractivity contribution is 9.10. The van der Waals surface area contributed by atoms with Crippen LogP contribution >= 0.6 is 74.6 Å². The normalized spacial score (nSPS) is 12.2. The molecule has 2 rings (SSSR count).